The largest absolute Gasteiger partial charge is 0.472 e. The molecule has 1 fully saturated rings. The molecular formula is C17H24Cl2N4O3S. The molecule has 1 atom stereocenters. The molecule has 0 spiro atoms. The first-order valence-corrected chi connectivity index (χ1v) is 9.28. The second kappa shape index (κ2) is 11.3. The number of piperidine rings is 1. The zero-order valence-corrected chi connectivity index (χ0v) is 17.2. The molecule has 0 aliphatic carbocycles. The van der Waals surface area contributed by atoms with Crippen LogP contribution in [-0.4, -0.2) is 47.9 Å². The summed E-state index contributed by atoms with van der Waals surface area (Å²) in [4.78, 5) is 30.9. The predicted octanol–water partition coefficient (Wildman–Crippen LogP) is 2.10. The van der Waals surface area contributed by atoms with Crippen LogP contribution in [0.15, 0.2) is 28.4 Å². The lowest BCUT2D eigenvalue weighted by Gasteiger charge is -2.32. The SMILES string of the molecule is Cl.Cl.NCCNC(=O)C1CCCN(C(=O)Cc2csc(-c3ccoc3)n2)C1. The van der Waals surface area contributed by atoms with Crippen LogP contribution in [0.4, 0.5) is 0 Å². The Balaban J connectivity index is 0.00000182. The fourth-order valence-electron chi connectivity index (χ4n) is 2.93. The molecule has 10 heteroatoms. The van der Waals surface area contributed by atoms with Gasteiger partial charge < -0.3 is 20.4 Å². The van der Waals surface area contributed by atoms with Crippen LogP contribution in [0.5, 0.6) is 0 Å². The van der Waals surface area contributed by atoms with E-state index in [1.165, 1.54) is 11.3 Å². The van der Waals surface area contributed by atoms with Gasteiger partial charge in [-0.15, -0.1) is 36.2 Å². The van der Waals surface area contributed by atoms with Gasteiger partial charge in [-0.1, -0.05) is 0 Å². The highest BCUT2D eigenvalue weighted by molar-refractivity contribution is 7.13. The van der Waals surface area contributed by atoms with Gasteiger partial charge in [-0.25, -0.2) is 4.98 Å². The number of nitrogens with zero attached hydrogens (tertiary/aromatic N) is 2. The lowest BCUT2D eigenvalue weighted by Crippen LogP contribution is -2.46. The van der Waals surface area contributed by atoms with Crippen LogP contribution in [0.25, 0.3) is 10.6 Å². The first-order valence-electron chi connectivity index (χ1n) is 8.40. The molecule has 3 N–H and O–H groups in total. The summed E-state index contributed by atoms with van der Waals surface area (Å²) in [6.45, 7) is 2.05. The fraction of sp³-hybridized carbons (Fsp3) is 0.471. The molecular weight excluding hydrogens is 411 g/mol. The van der Waals surface area contributed by atoms with E-state index >= 15 is 0 Å². The third-order valence-corrected chi connectivity index (χ3v) is 5.18. The van der Waals surface area contributed by atoms with Crippen molar-refractivity contribution in [3.05, 3.63) is 29.7 Å². The van der Waals surface area contributed by atoms with Crippen molar-refractivity contribution in [1.29, 1.82) is 0 Å². The van der Waals surface area contributed by atoms with Gasteiger partial charge in [0.25, 0.3) is 0 Å². The molecule has 7 nitrogen and oxygen atoms in total. The Morgan fingerprint density at radius 1 is 1.41 bits per heavy atom. The molecule has 0 radical (unpaired) electrons. The number of likely N-dealkylation sites (tertiary alicyclic amines) is 1. The minimum absolute atomic E-state index is 0. The summed E-state index contributed by atoms with van der Waals surface area (Å²) >= 11 is 1.49. The summed E-state index contributed by atoms with van der Waals surface area (Å²) in [7, 11) is 0. The molecule has 1 saturated heterocycles. The molecule has 0 saturated carbocycles. The molecule has 2 aromatic rings. The third kappa shape index (κ3) is 6.21. The van der Waals surface area contributed by atoms with Crippen LogP contribution >= 0.6 is 36.2 Å². The number of rotatable bonds is 6. The highest BCUT2D eigenvalue weighted by atomic mass is 35.5. The van der Waals surface area contributed by atoms with Crippen LogP contribution in [0.1, 0.15) is 18.5 Å². The van der Waals surface area contributed by atoms with Gasteiger partial charge in [0.15, 0.2) is 0 Å². The van der Waals surface area contributed by atoms with Crippen molar-refractivity contribution in [2.75, 3.05) is 26.2 Å². The normalized spacial score (nSPS) is 16.2. The average Bonchev–Trinajstić information content (AvgIpc) is 3.31. The summed E-state index contributed by atoms with van der Waals surface area (Å²) in [5.74, 6) is -0.152. The van der Waals surface area contributed by atoms with E-state index in [2.05, 4.69) is 10.3 Å². The first kappa shape index (κ1) is 23.4. The lowest BCUT2D eigenvalue weighted by molar-refractivity contribution is -0.135. The van der Waals surface area contributed by atoms with Crippen molar-refractivity contribution in [2.24, 2.45) is 11.7 Å². The van der Waals surface area contributed by atoms with E-state index < -0.39 is 0 Å². The Labute approximate surface area is 174 Å². The molecule has 1 aliphatic rings. The number of hydrogen-bond donors (Lipinski definition) is 2. The van der Waals surface area contributed by atoms with Crippen molar-refractivity contribution in [1.82, 2.24) is 15.2 Å². The lowest BCUT2D eigenvalue weighted by atomic mass is 9.96. The Hall–Kier alpha value is -1.61. The van der Waals surface area contributed by atoms with Gasteiger partial charge in [-0.05, 0) is 18.9 Å². The quantitative estimate of drug-likeness (QED) is 0.724. The Bertz CT molecular complexity index is 724. The standard InChI is InChI=1S/C17H22N4O3S.2ClH/c18-4-5-19-16(23)12-2-1-6-21(9-12)15(22)8-14-11-25-17(20-14)13-3-7-24-10-13;;/h3,7,10-12H,1-2,4-6,8-9,18H2,(H,19,23);2*1H. The monoisotopic (exact) mass is 434 g/mol. The number of carbonyl (C=O) groups is 2. The number of halogens is 2. The van der Waals surface area contributed by atoms with E-state index in [1.54, 1.807) is 17.4 Å². The van der Waals surface area contributed by atoms with Gasteiger partial charge in [-0.2, -0.15) is 0 Å². The van der Waals surface area contributed by atoms with Crippen molar-refractivity contribution < 1.29 is 14.0 Å². The predicted molar refractivity (Wildman–Crippen MR) is 109 cm³/mol. The molecule has 0 bridgehead atoms. The van der Waals surface area contributed by atoms with Gasteiger partial charge in [0.05, 0.1) is 24.3 Å². The Morgan fingerprint density at radius 2 is 2.22 bits per heavy atom. The van der Waals surface area contributed by atoms with E-state index in [4.69, 9.17) is 10.2 Å². The number of nitrogens with one attached hydrogen (secondary N) is 1. The van der Waals surface area contributed by atoms with Crippen LogP contribution in [0, 0.1) is 5.92 Å². The molecule has 0 aromatic carbocycles. The van der Waals surface area contributed by atoms with E-state index in [0.29, 0.717) is 26.2 Å². The molecule has 150 valence electrons. The highest BCUT2D eigenvalue weighted by Gasteiger charge is 2.28. The van der Waals surface area contributed by atoms with Gasteiger partial charge in [0.1, 0.15) is 11.3 Å². The maximum absolute atomic E-state index is 12.6. The maximum atomic E-state index is 12.6. The van der Waals surface area contributed by atoms with E-state index in [9.17, 15) is 9.59 Å². The summed E-state index contributed by atoms with van der Waals surface area (Å²) < 4.78 is 5.06. The van der Waals surface area contributed by atoms with E-state index in [0.717, 1.165) is 29.1 Å². The van der Waals surface area contributed by atoms with Crippen molar-refractivity contribution in [3.63, 3.8) is 0 Å². The molecule has 2 amide bonds. The number of nitrogens with two attached hydrogens (primary N) is 1. The van der Waals surface area contributed by atoms with Crippen LogP contribution in [0.3, 0.4) is 0 Å². The van der Waals surface area contributed by atoms with Crippen molar-refractivity contribution in [3.8, 4) is 10.6 Å². The molecule has 1 aliphatic heterocycles. The van der Waals surface area contributed by atoms with Crippen LogP contribution in [-0.2, 0) is 16.0 Å². The second-order valence-corrected chi connectivity index (χ2v) is 6.95. The second-order valence-electron chi connectivity index (χ2n) is 6.09. The molecule has 2 aromatic heterocycles. The van der Waals surface area contributed by atoms with Crippen LogP contribution in [0.2, 0.25) is 0 Å². The summed E-state index contributed by atoms with van der Waals surface area (Å²) in [6.07, 6.45) is 5.14. The molecule has 1 unspecified atom stereocenters. The summed E-state index contributed by atoms with van der Waals surface area (Å²) in [5, 5.41) is 5.55. The zero-order chi connectivity index (χ0) is 17.6. The minimum atomic E-state index is -0.152. The maximum Gasteiger partial charge on any atom is 0.228 e. The topological polar surface area (TPSA) is 101 Å². The van der Waals surface area contributed by atoms with E-state index in [1.807, 2.05) is 11.4 Å². The molecule has 3 rings (SSSR count). The van der Waals surface area contributed by atoms with Gasteiger partial charge in [0, 0.05) is 37.1 Å². The Morgan fingerprint density at radius 3 is 2.93 bits per heavy atom. The number of furan rings is 1. The fourth-order valence-corrected chi connectivity index (χ4v) is 3.74. The number of thiazole rings is 1. The first-order chi connectivity index (χ1) is 12.2. The van der Waals surface area contributed by atoms with Gasteiger partial charge in [0.2, 0.25) is 11.8 Å². The van der Waals surface area contributed by atoms with Crippen LogP contribution < -0.4 is 11.1 Å². The summed E-state index contributed by atoms with van der Waals surface area (Å²) in [5.41, 5.74) is 7.08. The minimum Gasteiger partial charge on any atom is -0.472 e. The zero-order valence-electron chi connectivity index (χ0n) is 14.8. The molecule has 27 heavy (non-hydrogen) atoms. The molecule has 3 heterocycles. The third-order valence-electron chi connectivity index (χ3n) is 4.24. The smallest absolute Gasteiger partial charge is 0.228 e. The van der Waals surface area contributed by atoms with Crippen molar-refractivity contribution >= 4 is 48.0 Å². The van der Waals surface area contributed by atoms with E-state index in [-0.39, 0.29) is 49.0 Å². The number of carbonyl (C=O) groups excluding carboxylic acids is 2. The highest BCUT2D eigenvalue weighted by Crippen LogP contribution is 2.25. The summed E-state index contributed by atoms with van der Waals surface area (Å²) in [6, 6.07) is 1.85. The average molecular weight is 435 g/mol. The van der Waals surface area contributed by atoms with Gasteiger partial charge >= 0.3 is 0 Å². The van der Waals surface area contributed by atoms with Crippen molar-refractivity contribution in [2.45, 2.75) is 19.3 Å². The number of aromatic nitrogens is 1. The number of hydrogen-bond acceptors (Lipinski definition) is 6. The van der Waals surface area contributed by atoms with Gasteiger partial charge in [-0.3, -0.25) is 9.59 Å². The Kier molecular flexibility index (Phi) is 9.79. The number of amides is 2.